The molecule has 124 valence electrons. The SMILES string of the molecule is Cn1ncc(C(=O)N2Cc3ccccc3C(C(=O)O)C2)c1C1CC1. The lowest BCUT2D eigenvalue weighted by Gasteiger charge is -2.32. The van der Waals surface area contributed by atoms with E-state index in [1.165, 1.54) is 0 Å². The van der Waals surface area contributed by atoms with Crippen LogP contribution in [0.1, 0.15) is 51.9 Å². The Kier molecular flexibility index (Phi) is 3.40. The molecule has 4 rings (SSSR count). The van der Waals surface area contributed by atoms with Crippen molar-refractivity contribution >= 4 is 11.9 Å². The molecule has 1 aliphatic heterocycles. The monoisotopic (exact) mass is 325 g/mol. The molecular weight excluding hydrogens is 306 g/mol. The van der Waals surface area contributed by atoms with Crippen LogP contribution in [0.5, 0.6) is 0 Å². The molecule has 1 aliphatic carbocycles. The number of aliphatic carboxylic acids is 1. The van der Waals surface area contributed by atoms with Crippen LogP contribution in [-0.4, -0.2) is 38.2 Å². The topological polar surface area (TPSA) is 75.4 Å². The fourth-order valence-corrected chi connectivity index (χ4v) is 3.60. The Hall–Kier alpha value is -2.63. The van der Waals surface area contributed by atoms with Gasteiger partial charge in [-0.15, -0.1) is 0 Å². The van der Waals surface area contributed by atoms with Crippen LogP contribution in [0.4, 0.5) is 0 Å². The number of benzene rings is 1. The number of carboxylic acids is 1. The Labute approximate surface area is 139 Å². The van der Waals surface area contributed by atoms with Crippen LogP contribution in [0, 0.1) is 0 Å². The van der Waals surface area contributed by atoms with Gasteiger partial charge in [-0.05, 0) is 24.0 Å². The van der Waals surface area contributed by atoms with Crippen molar-refractivity contribution in [2.75, 3.05) is 6.54 Å². The molecule has 1 atom stereocenters. The number of hydrogen-bond donors (Lipinski definition) is 1. The molecule has 0 radical (unpaired) electrons. The van der Waals surface area contributed by atoms with Crippen molar-refractivity contribution in [1.29, 1.82) is 0 Å². The molecule has 6 nitrogen and oxygen atoms in total. The maximum absolute atomic E-state index is 13.0. The third kappa shape index (κ3) is 2.38. The molecule has 1 fully saturated rings. The van der Waals surface area contributed by atoms with Crippen molar-refractivity contribution in [3.05, 3.63) is 52.8 Å². The highest BCUT2D eigenvalue weighted by atomic mass is 16.4. The smallest absolute Gasteiger partial charge is 0.312 e. The summed E-state index contributed by atoms with van der Waals surface area (Å²) in [6, 6.07) is 7.47. The summed E-state index contributed by atoms with van der Waals surface area (Å²) in [4.78, 5) is 26.3. The van der Waals surface area contributed by atoms with E-state index in [1.54, 1.807) is 15.8 Å². The first kappa shape index (κ1) is 14.9. The Morgan fingerprint density at radius 2 is 2.00 bits per heavy atom. The number of amides is 1. The molecule has 0 saturated heterocycles. The maximum Gasteiger partial charge on any atom is 0.312 e. The molecule has 1 aromatic heterocycles. The van der Waals surface area contributed by atoms with Crippen LogP contribution in [0.2, 0.25) is 0 Å². The van der Waals surface area contributed by atoms with Crippen molar-refractivity contribution in [3.8, 4) is 0 Å². The predicted molar refractivity (Wildman–Crippen MR) is 86.7 cm³/mol. The summed E-state index contributed by atoms with van der Waals surface area (Å²) in [6.07, 6.45) is 3.78. The highest BCUT2D eigenvalue weighted by molar-refractivity contribution is 5.96. The first-order valence-electron chi connectivity index (χ1n) is 8.18. The fraction of sp³-hybridized carbons (Fsp3) is 0.389. The van der Waals surface area contributed by atoms with E-state index in [0.29, 0.717) is 18.0 Å². The van der Waals surface area contributed by atoms with Gasteiger partial charge in [0.15, 0.2) is 0 Å². The van der Waals surface area contributed by atoms with Gasteiger partial charge in [0, 0.05) is 26.1 Å². The van der Waals surface area contributed by atoms with Crippen LogP contribution >= 0.6 is 0 Å². The fourth-order valence-electron chi connectivity index (χ4n) is 3.60. The van der Waals surface area contributed by atoms with Gasteiger partial charge in [-0.25, -0.2) is 0 Å². The van der Waals surface area contributed by atoms with Gasteiger partial charge in [0.05, 0.1) is 23.4 Å². The molecule has 1 amide bonds. The largest absolute Gasteiger partial charge is 0.481 e. The van der Waals surface area contributed by atoms with E-state index in [2.05, 4.69) is 5.10 Å². The second-order valence-corrected chi connectivity index (χ2v) is 6.62. The zero-order chi connectivity index (χ0) is 16.8. The third-order valence-corrected chi connectivity index (χ3v) is 4.96. The number of carbonyl (C=O) groups excluding carboxylic acids is 1. The van der Waals surface area contributed by atoms with Crippen molar-refractivity contribution in [3.63, 3.8) is 0 Å². The van der Waals surface area contributed by atoms with E-state index in [4.69, 9.17) is 0 Å². The molecular formula is C18H19N3O3. The lowest BCUT2D eigenvalue weighted by Crippen LogP contribution is -2.40. The summed E-state index contributed by atoms with van der Waals surface area (Å²) in [6.45, 7) is 0.641. The van der Waals surface area contributed by atoms with Gasteiger partial charge in [-0.3, -0.25) is 14.3 Å². The van der Waals surface area contributed by atoms with Gasteiger partial charge in [0.1, 0.15) is 0 Å². The zero-order valence-corrected chi connectivity index (χ0v) is 13.5. The van der Waals surface area contributed by atoms with Crippen molar-refractivity contribution in [1.82, 2.24) is 14.7 Å². The average molecular weight is 325 g/mol. The number of carboxylic acid groups (broad SMARTS) is 1. The first-order chi connectivity index (χ1) is 11.6. The standard InChI is InChI=1S/C18H19N3O3/c1-20-16(11-6-7-11)14(8-19-20)17(22)21-9-12-4-2-3-5-13(12)15(10-21)18(23)24/h2-5,8,11,15H,6-7,9-10H2,1H3,(H,23,24). The Bertz CT molecular complexity index is 823. The average Bonchev–Trinajstić information content (AvgIpc) is 3.35. The number of hydrogen-bond acceptors (Lipinski definition) is 3. The molecule has 1 N–H and O–H groups in total. The number of nitrogens with zero attached hydrogens (tertiary/aromatic N) is 3. The number of fused-ring (bicyclic) bond motifs is 1. The minimum absolute atomic E-state index is 0.120. The lowest BCUT2D eigenvalue weighted by molar-refractivity contribution is -0.139. The van der Waals surface area contributed by atoms with Crippen LogP contribution < -0.4 is 0 Å². The van der Waals surface area contributed by atoms with Gasteiger partial charge < -0.3 is 10.0 Å². The Morgan fingerprint density at radius 3 is 2.71 bits per heavy atom. The van der Waals surface area contributed by atoms with E-state index in [-0.39, 0.29) is 12.5 Å². The van der Waals surface area contributed by atoms with E-state index in [9.17, 15) is 14.7 Å². The number of carbonyl (C=O) groups is 2. The molecule has 2 heterocycles. The quantitative estimate of drug-likeness (QED) is 0.938. The van der Waals surface area contributed by atoms with Crippen LogP contribution in [0.15, 0.2) is 30.5 Å². The third-order valence-electron chi connectivity index (χ3n) is 4.96. The molecule has 1 unspecified atom stereocenters. The van der Waals surface area contributed by atoms with Crippen molar-refractivity contribution < 1.29 is 14.7 Å². The molecule has 6 heteroatoms. The van der Waals surface area contributed by atoms with E-state index >= 15 is 0 Å². The Balaban J connectivity index is 1.68. The zero-order valence-electron chi connectivity index (χ0n) is 13.5. The second-order valence-electron chi connectivity index (χ2n) is 6.62. The predicted octanol–water partition coefficient (Wildman–Crippen LogP) is 2.12. The summed E-state index contributed by atoms with van der Waals surface area (Å²) in [7, 11) is 1.86. The molecule has 0 bridgehead atoms. The second kappa shape index (κ2) is 5.47. The van der Waals surface area contributed by atoms with E-state index in [0.717, 1.165) is 29.7 Å². The lowest BCUT2D eigenvalue weighted by atomic mass is 9.89. The summed E-state index contributed by atoms with van der Waals surface area (Å²) in [5.74, 6) is -1.29. The van der Waals surface area contributed by atoms with Crippen molar-refractivity contribution in [2.45, 2.75) is 31.2 Å². The molecule has 1 aromatic carbocycles. The van der Waals surface area contributed by atoms with E-state index < -0.39 is 11.9 Å². The van der Waals surface area contributed by atoms with Crippen LogP contribution in [-0.2, 0) is 18.4 Å². The Morgan fingerprint density at radius 1 is 1.25 bits per heavy atom. The summed E-state index contributed by atoms with van der Waals surface area (Å²) < 4.78 is 1.78. The maximum atomic E-state index is 13.0. The molecule has 2 aromatic rings. The first-order valence-corrected chi connectivity index (χ1v) is 8.18. The van der Waals surface area contributed by atoms with Crippen LogP contribution in [0.25, 0.3) is 0 Å². The number of rotatable bonds is 3. The number of aryl methyl sites for hydroxylation is 1. The van der Waals surface area contributed by atoms with Gasteiger partial charge in [0.2, 0.25) is 0 Å². The molecule has 1 saturated carbocycles. The summed E-state index contributed by atoms with van der Waals surface area (Å²) >= 11 is 0. The minimum atomic E-state index is -0.895. The normalized spacial score (nSPS) is 19.9. The number of aromatic nitrogens is 2. The van der Waals surface area contributed by atoms with Gasteiger partial charge in [-0.2, -0.15) is 5.10 Å². The highest BCUT2D eigenvalue weighted by Gasteiger charge is 2.36. The molecule has 0 spiro atoms. The summed E-state index contributed by atoms with van der Waals surface area (Å²) in [5, 5.41) is 13.8. The molecule has 2 aliphatic rings. The van der Waals surface area contributed by atoms with Gasteiger partial charge >= 0.3 is 5.97 Å². The van der Waals surface area contributed by atoms with Gasteiger partial charge in [-0.1, -0.05) is 24.3 Å². The van der Waals surface area contributed by atoms with Crippen LogP contribution in [0.3, 0.4) is 0 Å². The molecule has 24 heavy (non-hydrogen) atoms. The highest BCUT2D eigenvalue weighted by Crippen LogP contribution is 2.42. The van der Waals surface area contributed by atoms with Crippen molar-refractivity contribution in [2.24, 2.45) is 7.05 Å². The van der Waals surface area contributed by atoms with Gasteiger partial charge in [0.25, 0.3) is 5.91 Å². The van der Waals surface area contributed by atoms with E-state index in [1.807, 2.05) is 31.3 Å². The summed E-state index contributed by atoms with van der Waals surface area (Å²) in [5.41, 5.74) is 3.30. The minimum Gasteiger partial charge on any atom is -0.481 e.